The van der Waals surface area contributed by atoms with Crippen molar-refractivity contribution in [2.75, 3.05) is 25.9 Å². The van der Waals surface area contributed by atoms with Gasteiger partial charge in [-0.05, 0) is 24.3 Å². The zero-order valence-electron chi connectivity index (χ0n) is 22.1. The van der Waals surface area contributed by atoms with E-state index in [1.807, 2.05) is 41.3 Å². The molecule has 5 heterocycles. The Hall–Kier alpha value is -4.85. The average Bonchev–Trinajstić information content (AvgIpc) is 3.53. The van der Waals surface area contributed by atoms with Gasteiger partial charge in [-0.15, -0.1) is 0 Å². The number of carbonyl (C=O) groups excluding carboxylic acids is 1. The van der Waals surface area contributed by atoms with Gasteiger partial charge >= 0.3 is 6.18 Å². The molecular formula is C28H24F4N8O2. The summed E-state index contributed by atoms with van der Waals surface area (Å²) in [6.45, 7) is 0.712. The Balaban J connectivity index is 1.24. The van der Waals surface area contributed by atoms with E-state index in [2.05, 4.69) is 25.4 Å². The fourth-order valence-electron chi connectivity index (χ4n) is 5.18. The van der Waals surface area contributed by atoms with E-state index < -0.39 is 35.4 Å². The topological polar surface area (TPSA) is 124 Å². The van der Waals surface area contributed by atoms with Gasteiger partial charge in [-0.1, -0.05) is 24.3 Å². The fraction of sp³-hybridized carbons (Fsp3) is 0.250. The number of likely N-dealkylation sites (tertiary alicyclic amines) is 1. The molecule has 1 aliphatic rings. The van der Waals surface area contributed by atoms with Crippen LogP contribution in [-0.4, -0.2) is 67.8 Å². The molecular weight excluding hydrogens is 556 g/mol. The van der Waals surface area contributed by atoms with Crippen molar-refractivity contribution in [2.45, 2.75) is 24.9 Å². The third-order valence-corrected chi connectivity index (χ3v) is 7.16. The first kappa shape index (κ1) is 27.3. The van der Waals surface area contributed by atoms with E-state index in [-0.39, 0.29) is 41.6 Å². The lowest BCUT2D eigenvalue weighted by Gasteiger charge is -2.17. The number of nitrogens with two attached hydrogens (primary N) is 1. The molecule has 1 amide bonds. The van der Waals surface area contributed by atoms with Crippen molar-refractivity contribution in [3.8, 4) is 17.1 Å². The maximum atomic E-state index is 15.1. The number of benzene rings is 1. The Morgan fingerprint density at radius 2 is 1.95 bits per heavy atom. The number of hydrogen-bond donors (Lipinski definition) is 2. The summed E-state index contributed by atoms with van der Waals surface area (Å²) in [5, 5.41) is 7.62. The van der Waals surface area contributed by atoms with Gasteiger partial charge in [0, 0.05) is 36.8 Å². The van der Waals surface area contributed by atoms with Crippen molar-refractivity contribution in [1.82, 2.24) is 34.8 Å². The van der Waals surface area contributed by atoms with Gasteiger partial charge in [0.05, 0.1) is 35.6 Å². The van der Waals surface area contributed by atoms with Gasteiger partial charge in [-0.3, -0.25) is 14.7 Å². The Labute approximate surface area is 236 Å². The van der Waals surface area contributed by atoms with Crippen molar-refractivity contribution in [1.29, 1.82) is 0 Å². The second-order valence-electron chi connectivity index (χ2n) is 9.91. The molecule has 1 saturated heterocycles. The molecule has 0 aliphatic carbocycles. The lowest BCUT2D eigenvalue weighted by Crippen LogP contribution is -2.41. The first-order valence-electron chi connectivity index (χ1n) is 12.9. The Morgan fingerprint density at radius 3 is 2.74 bits per heavy atom. The highest BCUT2D eigenvalue weighted by Crippen LogP contribution is 2.39. The van der Waals surface area contributed by atoms with Gasteiger partial charge in [0.25, 0.3) is 5.91 Å². The summed E-state index contributed by atoms with van der Waals surface area (Å²) >= 11 is 0. The summed E-state index contributed by atoms with van der Waals surface area (Å²) in [5.41, 5.74) is 5.93. The number of ether oxygens (including phenoxy) is 1. The quantitative estimate of drug-likeness (QED) is 0.290. The third-order valence-electron chi connectivity index (χ3n) is 7.16. The van der Waals surface area contributed by atoms with Crippen LogP contribution in [0.5, 0.6) is 5.88 Å². The molecule has 1 aromatic carbocycles. The number of carbonyl (C=O) groups is 1. The summed E-state index contributed by atoms with van der Waals surface area (Å²) in [6.07, 6.45) is -3.83. The van der Waals surface area contributed by atoms with Gasteiger partial charge in [0.2, 0.25) is 5.88 Å². The minimum absolute atomic E-state index is 0.0195. The summed E-state index contributed by atoms with van der Waals surface area (Å²) in [4.78, 5) is 27.6. The Kier molecular flexibility index (Phi) is 6.85. The van der Waals surface area contributed by atoms with Crippen LogP contribution >= 0.6 is 0 Å². The molecule has 14 heteroatoms. The van der Waals surface area contributed by atoms with Crippen LogP contribution < -0.4 is 15.8 Å². The number of halogens is 4. The molecule has 2 atom stereocenters. The number of nitrogens with one attached hydrogen (secondary N) is 1. The van der Waals surface area contributed by atoms with Crippen LogP contribution in [0.1, 0.15) is 21.6 Å². The fourth-order valence-corrected chi connectivity index (χ4v) is 5.18. The standard InChI is InChI=1S/C28H24F4N8O2/c1-42-27-18(8-16(10-34-27)23-9-19(28(30,31)32)24-25(33)35-14-36-40(23)24)26(41)38-22-13-39(12-20(22)29)11-17-7-6-15-4-2-3-5-21(15)37-17/h2-10,14,20,22H,11-13H2,1H3,(H,38,41)(H2,33,35,36). The van der Waals surface area contributed by atoms with Crippen molar-refractivity contribution < 1.29 is 27.1 Å². The van der Waals surface area contributed by atoms with Crippen LogP contribution in [0.2, 0.25) is 0 Å². The number of pyridine rings is 2. The third kappa shape index (κ3) is 5.04. The number of para-hydroxylation sites is 1. The number of fused-ring (bicyclic) bond motifs is 2. The van der Waals surface area contributed by atoms with E-state index >= 15 is 4.39 Å². The smallest absolute Gasteiger partial charge is 0.418 e. The van der Waals surface area contributed by atoms with Crippen molar-refractivity contribution in [3.05, 3.63) is 77.9 Å². The normalized spacial score (nSPS) is 17.6. The minimum Gasteiger partial charge on any atom is -0.480 e. The number of methoxy groups -OCH3 is 1. The molecule has 2 unspecified atom stereocenters. The Morgan fingerprint density at radius 1 is 1.14 bits per heavy atom. The number of rotatable bonds is 6. The van der Waals surface area contributed by atoms with E-state index in [4.69, 9.17) is 10.5 Å². The molecule has 5 aromatic rings. The molecule has 1 fully saturated rings. The average molecular weight is 581 g/mol. The SMILES string of the molecule is COc1ncc(-c2cc(C(F)(F)F)c3c(N)ncnn23)cc1C(=O)NC1CN(Cc2ccc3ccccc3n2)CC1F. The van der Waals surface area contributed by atoms with Crippen molar-refractivity contribution >= 4 is 28.1 Å². The molecule has 0 saturated carbocycles. The Bertz CT molecular complexity index is 1810. The van der Waals surface area contributed by atoms with Gasteiger partial charge < -0.3 is 15.8 Å². The summed E-state index contributed by atoms with van der Waals surface area (Å²) < 4.78 is 62.6. The highest BCUT2D eigenvalue weighted by Gasteiger charge is 2.37. The molecule has 1 aliphatic heterocycles. The van der Waals surface area contributed by atoms with Crippen LogP contribution in [0.3, 0.4) is 0 Å². The van der Waals surface area contributed by atoms with Gasteiger partial charge in [-0.2, -0.15) is 18.3 Å². The minimum atomic E-state index is -4.74. The number of amides is 1. The lowest BCUT2D eigenvalue weighted by atomic mass is 10.1. The predicted octanol–water partition coefficient (Wildman–Crippen LogP) is 3.90. The first-order chi connectivity index (χ1) is 20.1. The van der Waals surface area contributed by atoms with Crippen molar-refractivity contribution in [3.63, 3.8) is 0 Å². The molecule has 0 bridgehead atoms. The van der Waals surface area contributed by atoms with Crippen LogP contribution in [0.4, 0.5) is 23.4 Å². The van der Waals surface area contributed by atoms with Crippen LogP contribution in [0.25, 0.3) is 27.7 Å². The molecule has 4 aromatic heterocycles. The second kappa shape index (κ2) is 10.5. The van der Waals surface area contributed by atoms with E-state index in [9.17, 15) is 18.0 Å². The van der Waals surface area contributed by atoms with Crippen LogP contribution in [-0.2, 0) is 12.7 Å². The molecule has 216 valence electrons. The second-order valence-corrected chi connectivity index (χ2v) is 9.91. The highest BCUT2D eigenvalue weighted by atomic mass is 19.4. The van der Waals surface area contributed by atoms with Gasteiger partial charge in [-0.25, -0.2) is 18.9 Å². The number of hydrogen-bond acceptors (Lipinski definition) is 8. The number of nitrogen functional groups attached to an aromatic ring is 1. The number of aromatic nitrogens is 5. The summed E-state index contributed by atoms with van der Waals surface area (Å²) in [6, 6.07) is 12.9. The van der Waals surface area contributed by atoms with E-state index in [1.54, 1.807) is 0 Å². The van der Waals surface area contributed by atoms with Crippen LogP contribution in [0.15, 0.2) is 61.1 Å². The van der Waals surface area contributed by atoms with E-state index in [0.29, 0.717) is 6.54 Å². The predicted molar refractivity (Wildman–Crippen MR) is 145 cm³/mol. The summed E-state index contributed by atoms with van der Waals surface area (Å²) in [5.74, 6) is -1.12. The van der Waals surface area contributed by atoms with E-state index in [0.717, 1.165) is 33.5 Å². The van der Waals surface area contributed by atoms with Crippen molar-refractivity contribution in [2.24, 2.45) is 0 Å². The first-order valence-corrected chi connectivity index (χ1v) is 12.9. The molecule has 0 radical (unpaired) electrons. The molecule has 0 spiro atoms. The number of alkyl halides is 4. The zero-order valence-corrected chi connectivity index (χ0v) is 22.1. The maximum Gasteiger partial charge on any atom is 0.418 e. The molecule has 10 nitrogen and oxygen atoms in total. The molecule has 42 heavy (non-hydrogen) atoms. The highest BCUT2D eigenvalue weighted by molar-refractivity contribution is 5.98. The number of nitrogens with zero attached hydrogens (tertiary/aromatic N) is 6. The monoisotopic (exact) mass is 580 g/mol. The molecule has 6 rings (SSSR count). The number of anilines is 1. The van der Waals surface area contributed by atoms with Gasteiger partial charge in [0.1, 0.15) is 23.6 Å². The zero-order chi connectivity index (χ0) is 29.6. The largest absolute Gasteiger partial charge is 0.480 e. The van der Waals surface area contributed by atoms with Gasteiger partial charge in [0.15, 0.2) is 5.82 Å². The summed E-state index contributed by atoms with van der Waals surface area (Å²) in [7, 11) is 1.30. The maximum absolute atomic E-state index is 15.1. The van der Waals surface area contributed by atoms with Crippen LogP contribution in [0, 0.1) is 0 Å². The lowest BCUT2D eigenvalue weighted by molar-refractivity contribution is -0.136. The molecule has 3 N–H and O–H groups in total. The van der Waals surface area contributed by atoms with E-state index in [1.165, 1.54) is 19.4 Å².